The molecule has 0 saturated heterocycles. The minimum absolute atomic E-state index is 0.982. The van der Waals surface area contributed by atoms with Gasteiger partial charge in [0.15, 0.2) is 0 Å². The van der Waals surface area contributed by atoms with Crippen LogP contribution in [0.3, 0.4) is 0 Å². The maximum absolute atomic E-state index is 4.56. The molecule has 0 unspecified atom stereocenters. The van der Waals surface area contributed by atoms with Crippen LogP contribution in [0.15, 0.2) is 30.9 Å². The summed E-state index contributed by atoms with van der Waals surface area (Å²) in [6.07, 6.45) is 7.58. The number of hydrogen-bond donors (Lipinski definition) is 0. The van der Waals surface area contributed by atoms with Gasteiger partial charge in [-0.05, 0) is 25.5 Å². The lowest BCUT2D eigenvalue weighted by Gasteiger charge is -2.18. The molecule has 0 saturated carbocycles. The smallest absolute Gasteiger partial charge is 0.116 e. The first-order chi connectivity index (χ1) is 11.7. The van der Waals surface area contributed by atoms with E-state index in [1.165, 1.54) is 21.0 Å². The second-order valence-corrected chi connectivity index (χ2v) is 7.71. The quantitative estimate of drug-likeness (QED) is 0.736. The maximum Gasteiger partial charge on any atom is 0.116 e. The maximum atomic E-state index is 4.56. The summed E-state index contributed by atoms with van der Waals surface area (Å²) < 4.78 is 1.83. The Morgan fingerprint density at radius 1 is 1.17 bits per heavy atom. The van der Waals surface area contributed by atoms with E-state index < -0.39 is 0 Å². The first-order valence-corrected chi connectivity index (χ1v) is 9.10. The molecule has 0 spiro atoms. The summed E-state index contributed by atoms with van der Waals surface area (Å²) in [7, 11) is 1.94. The van der Waals surface area contributed by atoms with Crippen molar-refractivity contribution >= 4 is 11.3 Å². The van der Waals surface area contributed by atoms with E-state index >= 15 is 0 Å². The molecular formula is C18H21N5S. The second kappa shape index (κ2) is 6.45. The highest BCUT2D eigenvalue weighted by atomic mass is 32.1. The molecule has 0 aliphatic carbocycles. The molecule has 6 heteroatoms. The second-order valence-electron chi connectivity index (χ2n) is 6.34. The Kier molecular flexibility index (Phi) is 4.16. The minimum atomic E-state index is 0.982. The van der Waals surface area contributed by atoms with Crippen LogP contribution in [-0.4, -0.2) is 37.7 Å². The van der Waals surface area contributed by atoms with E-state index in [0.717, 1.165) is 43.7 Å². The first kappa shape index (κ1) is 15.5. The van der Waals surface area contributed by atoms with Crippen molar-refractivity contribution in [2.45, 2.75) is 26.3 Å². The van der Waals surface area contributed by atoms with E-state index in [1.54, 1.807) is 6.33 Å². The Labute approximate surface area is 146 Å². The molecule has 4 rings (SSSR count). The van der Waals surface area contributed by atoms with Crippen LogP contribution < -0.4 is 0 Å². The van der Waals surface area contributed by atoms with E-state index in [0.29, 0.717) is 0 Å². The van der Waals surface area contributed by atoms with Gasteiger partial charge >= 0.3 is 0 Å². The zero-order valence-corrected chi connectivity index (χ0v) is 14.9. The molecular weight excluding hydrogens is 318 g/mol. The van der Waals surface area contributed by atoms with Gasteiger partial charge in [-0.1, -0.05) is 0 Å². The molecule has 1 aliphatic rings. The lowest BCUT2D eigenvalue weighted by atomic mass is 10.0. The van der Waals surface area contributed by atoms with Crippen molar-refractivity contribution in [1.82, 2.24) is 24.6 Å². The summed E-state index contributed by atoms with van der Waals surface area (Å²) in [5.41, 5.74) is 4.60. The SMILES string of the molecule is Cc1ccc(CN2CCc3ncnc(-c4cnn(C)c4)c3CC2)s1. The zero-order valence-electron chi connectivity index (χ0n) is 14.1. The summed E-state index contributed by atoms with van der Waals surface area (Å²) in [6, 6.07) is 4.46. The number of aromatic nitrogens is 4. The summed E-state index contributed by atoms with van der Waals surface area (Å²) in [5.74, 6) is 0. The highest BCUT2D eigenvalue weighted by Gasteiger charge is 2.20. The highest BCUT2D eigenvalue weighted by molar-refractivity contribution is 7.11. The van der Waals surface area contributed by atoms with Crippen LogP contribution in [0.25, 0.3) is 11.3 Å². The predicted octanol–water partition coefficient (Wildman–Crippen LogP) is 2.85. The fourth-order valence-electron chi connectivity index (χ4n) is 3.31. The minimum Gasteiger partial charge on any atom is -0.298 e. The van der Waals surface area contributed by atoms with Gasteiger partial charge < -0.3 is 0 Å². The van der Waals surface area contributed by atoms with Crippen LogP contribution in [0.2, 0.25) is 0 Å². The number of nitrogens with zero attached hydrogens (tertiary/aromatic N) is 5. The van der Waals surface area contributed by atoms with Gasteiger partial charge in [-0.2, -0.15) is 5.10 Å². The molecule has 3 aromatic rings. The van der Waals surface area contributed by atoms with Crippen molar-refractivity contribution in [3.05, 3.63) is 51.9 Å². The molecule has 0 bridgehead atoms. The van der Waals surface area contributed by atoms with Crippen LogP contribution >= 0.6 is 11.3 Å². The fourth-order valence-corrected chi connectivity index (χ4v) is 4.25. The van der Waals surface area contributed by atoms with Gasteiger partial charge in [0.2, 0.25) is 0 Å². The molecule has 0 fully saturated rings. The van der Waals surface area contributed by atoms with Gasteiger partial charge in [0.1, 0.15) is 6.33 Å². The molecule has 5 nitrogen and oxygen atoms in total. The van der Waals surface area contributed by atoms with Gasteiger partial charge in [0.25, 0.3) is 0 Å². The topological polar surface area (TPSA) is 46.8 Å². The number of fused-ring (bicyclic) bond motifs is 1. The molecule has 0 amide bonds. The van der Waals surface area contributed by atoms with Gasteiger partial charge in [-0.25, -0.2) is 9.97 Å². The molecule has 0 atom stereocenters. The molecule has 24 heavy (non-hydrogen) atoms. The average molecular weight is 339 g/mol. The Morgan fingerprint density at radius 3 is 2.79 bits per heavy atom. The van der Waals surface area contributed by atoms with Crippen molar-refractivity contribution in [1.29, 1.82) is 0 Å². The molecule has 1 aliphatic heterocycles. The van der Waals surface area contributed by atoms with E-state index in [9.17, 15) is 0 Å². The van der Waals surface area contributed by atoms with E-state index in [-0.39, 0.29) is 0 Å². The third-order valence-corrected chi connectivity index (χ3v) is 5.52. The van der Waals surface area contributed by atoms with Crippen molar-refractivity contribution in [2.24, 2.45) is 7.05 Å². The molecule has 0 radical (unpaired) electrons. The van der Waals surface area contributed by atoms with Gasteiger partial charge in [0, 0.05) is 65.9 Å². The molecule has 3 aromatic heterocycles. The predicted molar refractivity (Wildman–Crippen MR) is 96.0 cm³/mol. The summed E-state index contributed by atoms with van der Waals surface area (Å²) in [5, 5.41) is 4.29. The van der Waals surface area contributed by atoms with Gasteiger partial charge in [-0.3, -0.25) is 9.58 Å². The largest absolute Gasteiger partial charge is 0.298 e. The molecule has 0 N–H and O–H groups in total. The van der Waals surface area contributed by atoms with E-state index in [4.69, 9.17) is 0 Å². The monoisotopic (exact) mass is 339 g/mol. The summed E-state index contributed by atoms with van der Waals surface area (Å²) >= 11 is 1.89. The van der Waals surface area contributed by atoms with E-state index in [1.807, 2.05) is 35.5 Å². The van der Waals surface area contributed by atoms with Crippen molar-refractivity contribution in [3.8, 4) is 11.3 Å². The standard InChI is InChI=1S/C18H21N5S/c1-13-3-4-15(24-13)11-23-7-5-16-17(6-8-23)19-12-20-18(16)14-9-21-22(2)10-14/h3-4,9-10,12H,5-8,11H2,1-2H3. The third kappa shape index (κ3) is 3.12. The van der Waals surface area contributed by atoms with Gasteiger partial charge in [0.05, 0.1) is 11.9 Å². The highest BCUT2D eigenvalue weighted by Crippen LogP contribution is 2.26. The Hall–Kier alpha value is -2.05. The van der Waals surface area contributed by atoms with E-state index in [2.05, 4.69) is 39.0 Å². The third-order valence-electron chi connectivity index (χ3n) is 4.53. The summed E-state index contributed by atoms with van der Waals surface area (Å²) in [6.45, 7) is 5.29. The molecule has 0 aromatic carbocycles. The lowest BCUT2D eigenvalue weighted by Crippen LogP contribution is -2.25. The van der Waals surface area contributed by atoms with Crippen LogP contribution in [0.4, 0.5) is 0 Å². The fraction of sp³-hybridized carbons (Fsp3) is 0.389. The van der Waals surface area contributed by atoms with Crippen LogP contribution in [0, 0.1) is 6.92 Å². The summed E-state index contributed by atoms with van der Waals surface area (Å²) in [4.78, 5) is 14.5. The lowest BCUT2D eigenvalue weighted by molar-refractivity contribution is 0.281. The molecule has 124 valence electrons. The number of hydrogen-bond acceptors (Lipinski definition) is 5. The van der Waals surface area contributed by atoms with Crippen LogP contribution in [0.1, 0.15) is 21.0 Å². The number of thiophene rings is 1. The number of rotatable bonds is 3. The Bertz CT molecular complexity index is 851. The Morgan fingerprint density at radius 2 is 2.04 bits per heavy atom. The van der Waals surface area contributed by atoms with Crippen molar-refractivity contribution in [3.63, 3.8) is 0 Å². The van der Waals surface area contributed by atoms with Crippen molar-refractivity contribution < 1.29 is 0 Å². The average Bonchev–Trinajstić information content (AvgIpc) is 3.12. The Balaban J connectivity index is 1.56. The van der Waals surface area contributed by atoms with Crippen LogP contribution in [-0.2, 0) is 26.4 Å². The normalized spacial score (nSPS) is 15.2. The van der Waals surface area contributed by atoms with Gasteiger partial charge in [-0.15, -0.1) is 11.3 Å². The molecule has 4 heterocycles. The zero-order chi connectivity index (χ0) is 16.5. The first-order valence-electron chi connectivity index (χ1n) is 8.28. The van der Waals surface area contributed by atoms with Crippen molar-refractivity contribution in [2.75, 3.05) is 13.1 Å². The number of aryl methyl sites for hydroxylation is 2. The van der Waals surface area contributed by atoms with Crippen LogP contribution in [0.5, 0.6) is 0 Å².